The van der Waals surface area contributed by atoms with Crippen LogP contribution < -0.4 is 10.1 Å². The Morgan fingerprint density at radius 3 is 2.29 bits per heavy atom. The van der Waals surface area contributed by atoms with Crippen LogP contribution in [0.3, 0.4) is 0 Å². The second-order valence-corrected chi connectivity index (χ2v) is 12.4. The van der Waals surface area contributed by atoms with Gasteiger partial charge in [-0.05, 0) is 59.6 Å². The molecule has 1 amide bonds. The Bertz CT molecular complexity index is 1020. The third-order valence-corrected chi connectivity index (χ3v) is 7.45. The second kappa shape index (κ2) is 9.03. The summed E-state index contributed by atoms with van der Waals surface area (Å²) in [5.41, 5.74) is 5.21. The maximum atomic E-state index is 12.8. The molecule has 0 aromatic heterocycles. The van der Waals surface area contributed by atoms with E-state index in [2.05, 4.69) is 75.5 Å². The summed E-state index contributed by atoms with van der Waals surface area (Å²) >= 11 is 0. The molecule has 4 heteroatoms. The van der Waals surface area contributed by atoms with E-state index >= 15 is 0 Å². The summed E-state index contributed by atoms with van der Waals surface area (Å²) in [6, 6.07) is 15.7. The molecule has 2 aromatic rings. The Kier molecular flexibility index (Phi) is 6.58. The van der Waals surface area contributed by atoms with Crippen molar-refractivity contribution in [3.63, 3.8) is 0 Å². The summed E-state index contributed by atoms with van der Waals surface area (Å²) in [4.78, 5) is 14.8. The molecule has 1 aliphatic heterocycles. The number of aryl methyl sites for hydroxylation is 1. The first kappa shape index (κ1) is 24.8. The molecule has 2 aromatic carbocycles. The van der Waals surface area contributed by atoms with Gasteiger partial charge in [0.05, 0.1) is 12.6 Å². The predicted molar refractivity (Wildman–Crippen MR) is 140 cm³/mol. The van der Waals surface area contributed by atoms with Crippen LogP contribution in [0.4, 0.5) is 0 Å². The smallest absolute Gasteiger partial charge is 0.228 e. The van der Waals surface area contributed by atoms with E-state index in [1.807, 2.05) is 25.7 Å². The van der Waals surface area contributed by atoms with Crippen LogP contribution in [-0.2, 0) is 15.6 Å². The van der Waals surface area contributed by atoms with E-state index < -0.39 is 0 Å². The second-order valence-electron chi connectivity index (χ2n) is 12.4. The number of carbonyl (C=O) groups excluding carboxylic acids is 1. The van der Waals surface area contributed by atoms with Crippen LogP contribution in [0.5, 0.6) is 5.75 Å². The monoisotopic (exact) mass is 462 g/mol. The van der Waals surface area contributed by atoms with Crippen molar-refractivity contribution in [2.24, 2.45) is 5.41 Å². The topological polar surface area (TPSA) is 41.6 Å². The third-order valence-electron chi connectivity index (χ3n) is 7.45. The molecule has 2 fully saturated rings. The highest BCUT2D eigenvalue weighted by molar-refractivity contribution is 5.81. The fourth-order valence-electron chi connectivity index (χ4n) is 4.96. The Morgan fingerprint density at radius 2 is 1.74 bits per heavy atom. The van der Waals surface area contributed by atoms with Crippen molar-refractivity contribution >= 4 is 5.91 Å². The summed E-state index contributed by atoms with van der Waals surface area (Å²) in [5.74, 6) is 1.15. The lowest BCUT2D eigenvalue weighted by Crippen LogP contribution is -2.51. The summed E-state index contributed by atoms with van der Waals surface area (Å²) in [5, 5.41) is 3.60. The first-order valence-electron chi connectivity index (χ1n) is 12.8. The number of nitrogens with zero attached hydrogens (tertiary/aromatic N) is 1. The Hall–Kier alpha value is -2.33. The van der Waals surface area contributed by atoms with Crippen LogP contribution in [0.15, 0.2) is 42.5 Å². The van der Waals surface area contributed by atoms with Crippen LogP contribution in [0.1, 0.15) is 82.7 Å². The zero-order chi connectivity index (χ0) is 24.7. The fourth-order valence-corrected chi connectivity index (χ4v) is 4.96. The van der Waals surface area contributed by atoms with Crippen molar-refractivity contribution in [2.45, 2.75) is 78.2 Å². The highest BCUT2D eigenvalue weighted by Crippen LogP contribution is 2.48. The van der Waals surface area contributed by atoms with Crippen molar-refractivity contribution in [2.75, 3.05) is 26.2 Å². The van der Waals surface area contributed by atoms with Crippen LogP contribution in [0.25, 0.3) is 0 Å². The minimum Gasteiger partial charge on any atom is -0.493 e. The molecule has 2 aliphatic rings. The van der Waals surface area contributed by atoms with Crippen molar-refractivity contribution < 1.29 is 9.53 Å². The number of hydrogen-bond acceptors (Lipinski definition) is 3. The minimum atomic E-state index is -0.347. The molecule has 1 saturated heterocycles. The molecule has 0 radical (unpaired) electrons. The first-order chi connectivity index (χ1) is 15.9. The SMILES string of the molecule is Cc1cc(OCC2(c3ccc(C(C)(C)C)cc3)CC2)ccc1C1CN(C(=O)C(C)(C)C)CCN1. The first-order valence-corrected chi connectivity index (χ1v) is 12.8. The molecule has 1 aliphatic carbocycles. The van der Waals surface area contributed by atoms with Gasteiger partial charge in [0.2, 0.25) is 5.91 Å². The zero-order valence-electron chi connectivity index (χ0n) is 22.1. The Morgan fingerprint density at radius 1 is 1.06 bits per heavy atom. The lowest BCUT2D eigenvalue weighted by atomic mass is 9.85. The number of piperazine rings is 1. The van der Waals surface area contributed by atoms with E-state index in [0.29, 0.717) is 6.54 Å². The molecule has 1 heterocycles. The average Bonchev–Trinajstić information content (AvgIpc) is 3.57. The Labute approximate surface area is 206 Å². The maximum absolute atomic E-state index is 12.8. The van der Waals surface area contributed by atoms with E-state index in [0.717, 1.165) is 25.4 Å². The van der Waals surface area contributed by atoms with Crippen molar-refractivity contribution in [3.8, 4) is 5.75 Å². The lowest BCUT2D eigenvalue weighted by molar-refractivity contribution is -0.140. The molecule has 0 bridgehead atoms. The van der Waals surface area contributed by atoms with Gasteiger partial charge < -0.3 is 15.0 Å². The molecule has 4 rings (SSSR count). The number of rotatable bonds is 5. The molecule has 1 saturated carbocycles. The normalized spacial score (nSPS) is 20.2. The molecule has 34 heavy (non-hydrogen) atoms. The number of carbonyl (C=O) groups is 1. The number of ether oxygens (including phenoxy) is 1. The van der Waals surface area contributed by atoms with E-state index in [1.54, 1.807) is 0 Å². The number of nitrogens with one attached hydrogen (secondary N) is 1. The largest absolute Gasteiger partial charge is 0.493 e. The van der Waals surface area contributed by atoms with Gasteiger partial charge in [-0.1, -0.05) is 71.9 Å². The van der Waals surface area contributed by atoms with Crippen LogP contribution >= 0.6 is 0 Å². The van der Waals surface area contributed by atoms with Crippen molar-refractivity contribution in [3.05, 3.63) is 64.7 Å². The van der Waals surface area contributed by atoms with Gasteiger partial charge in [-0.25, -0.2) is 0 Å². The van der Waals surface area contributed by atoms with Crippen LogP contribution in [0, 0.1) is 12.3 Å². The van der Waals surface area contributed by atoms with Gasteiger partial charge in [0.15, 0.2) is 0 Å². The van der Waals surface area contributed by atoms with Gasteiger partial charge in [-0.2, -0.15) is 0 Å². The highest BCUT2D eigenvalue weighted by Gasteiger charge is 2.45. The molecule has 1 N–H and O–H groups in total. The van der Waals surface area contributed by atoms with Gasteiger partial charge in [-0.3, -0.25) is 4.79 Å². The summed E-state index contributed by atoms with van der Waals surface area (Å²) in [6.07, 6.45) is 2.37. The van der Waals surface area contributed by atoms with Gasteiger partial charge in [0.1, 0.15) is 5.75 Å². The van der Waals surface area contributed by atoms with Crippen LogP contribution in [0.2, 0.25) is 0 Å². The number of amides is 1. The summed E-state index contributed by atoms with van der Waals surface area (Å²) < 4.78 is 6.33. The van der Waals surface area contributed by atoms with E-state index in [1.165, 1.54) is 35.1 Å². The quantitative estimate of drug-likeness (QED) is 0.599. The molecule has 4 nitrogen and oxygen atoms in total. The summed E-state index contributed by atoms with van der Waals surface area (Å²) in [7, 11) is 0. The van der Waals surface area contributed by atoms with E-state index in [4.69, 9.17) is 4.74 Å². The predicted octanol–water partition coefficient (Wildman–Crippen LogP) is 5.92. The minimum absolute atomic E-state index is 0.154. The van der Waals surface area contributed by atoms with E-state index in [9.17, 15) is 4.79 Å². The molecular weight excluding hydrogens is 420 g/mol. The van der Waals surface area contributed by atoms with Crippen LogP contribution in [-0.4, -0.2) is 37.0 Å². The maximum Gasteiger partial charge on any atom is 0.228 e. The molecule has 0 spiro atoms. The molecule has 184 valence electrons. The van der Waals surface area contributed by atoms with Gasteiger partial charge in [0, 0.05) is 30.5 Å². The summed E-state index contributed by atoms with van der Waals surface area (Å²) in [6.45, 7) is 17.9. The average molecular weight is 463 g/mol. The Balaban J connectivity index is 1.40. The highest BCUT2D eigenvalue weighted by atomic mass is 16.5. The van der Waals surface area contributed by atoms with Gasteiger partial charge in [-0.15, -0.1) is 0 Å². The number of benzene rings is 2. The van der Waals surface area contributed by atoms with Gasteiger partial charge in [0.25, 0.3) is 0 Å². The fraction of sp³-hybridized carbons (Fsp3) is 0.567. The third kappa shape index (κ3) is 5.33. The molecule has 1 atom stereocenters. The lowest BCUT2D eigenvalue weighted by Gasteiger charge is -2.37. The van der Waals surface area contributed by atoms with Gasteiger partial charge >= 0.3 is 0 Å². The zero-order valence-corrected chi connectivity index (χ0v) is 22.1. The van der Waals surface area contributed by atoms with Crippen molar-refractivity contribution in [1.82, 2.24) is 10.2 Å². The van der Waals surface area contributed by atoms with Crippen molar-refractivity contribution in [1.29, 1.82) is 0 Å². The number of hydrogen-bond donors (Lipinski definition) is 1. The molecular formula is C30H42N2O2. The molecule has 1 unspecified atom stereocenters. The standard InChI is InChI=1S/C30H42N2O2/c1-21-18-24(12-13-25(21)26-19-32(17-16-31-26)27(33)29(5,6)7)34-20-30(14-15-30)23-10-8-22(9-11-23)28(2,3)4/h8-13,18,26,31H,14-17,19-20H2,1-7H3. The van der Waals surface area contributed by atoms with E-state index in [-0.39, 0.29) is 28.2 Å².